The van der Waals surface area contributed by atoms with Crippen LogP contribution in [0.25, 0.3) is 0 Å². The molecule has 1 aliphatic heterocycles. The number of hydrogen-bond donors (Lipinski definition) is 0. The lowest BCUT2D eigenvalue weighted by molar-refractivity contribution is 0.464. The quantitative estimate of drug-likeness (QED) is 0.792. The Morgan fingerprint density at radius 3 is 2.38 bits per heavy atom. The zero-order chi connectivity index (χ0) is 11.8. The summed E-state index contributed by atoms with van der Waals surface area (Å²) in [6.07, 6.45) is 0.963. The highest BCUT2D eigenvalue weighted by atomic mass is 32.2. The molecule has 3 nitrogen and oxygen atoms in total. The van der Waals surface area contributed by atoms with Gasteiger partial charge in [-0.1, -0.05) is 24.6 Å². The number of aryl methyl sites for hydroxylation is 1. The monoisotopic (exact) mass is 239 g/mol. The van der Waals surface area contributed by atoms with E-state index in [0.717, 1.165) is 12.0 Å². The molecule has 0 amide bonds. The van der Waals surface area contributed by atoms with Crippen LogP contribution in [0.15, 0.2) is 29.2 Å². The van der Waals surface area contributed by atoms with Gasteiger partial charge in [-0.3, -0.25) is 0 Å². The van der Waals surface area contributed by atoms with E-state index < -0.39 is 10.0 Å². The van der Waals surface area contributed by atoms with Crippen LogP contribution in [0.1, 0.15) is 18.9 Å². The Morgan fingerprint density at radius 1 is 1.25 bits per heavy atom. The third-order valence-electron chi connectivity index (χ3n) is 3.05. The summed E-state index contributed by atoms with van der Waals surface area (Å²) in [5.41, 5.74) is 1.08. The van der Waals surface area contributed by atoms with Crippen LogP contribution in [0.5, 0.6) is 0 Å². The van der Waals surface area contributed by atoms with Crippen molar-refractivity contribution in [1.82, 2.24) is 4.31 Å². The van der Waals surface area contributed by atoms with E-state index in [1.165, 1.54) is 0 Å². The topological polar surface area (TPSA) is 37.4 Å². The van der Waals surface area contributed by atoms with Gasteiger partial charge in [-0.15, -0.1) is 0 Å². The molecule has 1 aromatic rings. The van der Waals surface area contributed by atoms with Crippen LogP contribution < -0.4 is 0 Å². The molecule has 1 aliphatic rings. The molecule has 0 bridgehead atoms. The lowest BCUT2D eigenvalue weighted by atomic mass is 10.2. The van der Waals surface area contributed by atoms with Crippen molar-refractivity contribution in [3.05, 3.63) is 29.8 Å². The Hall–Kier alpha value is -0.870. The van der Waals surface area contributed by atoms with E-state index in [9.17, 15) is 8.42 Å². The lowest BCUT2D eigenvalue weighted by Gasteiger charge is -2.15. The molecule has 1 fully saturated rings. The van der Waals surface area contributed by atoms with E-state index in [1.807, 2.05) is 19.1 Å². The molecule has 0 radical (unpaired) electrons. The van der Waals surface area contributed by atoms with Crippen molar-refractivity contribution in [3.8, 4) is 0 Å². The fourth-order valence-electron chi connectivity index (χ4n) is 1.97. The van der Waals surface area contributed by atoms with Crippen molar-refractivity contribution in [2.24, 2.45) is 5.92 Å². The SMILES string of the molecule is Cc1ccc(S(=O)(=O)N2CCC(C)C2)cc1. The maximum absolute atomic E-state index is 12.2. The number of hydrogen-bond acceptors (Lipinski definition) is 2. The average Bonchev–Trinajstić information content (AvgIpc) is 2.66. The molecule has 1 atom stereocenters. The van der Waals surface area contributed by atoms with E-state index in [4.69, 9.17) is 0 Å². The first-order chi connectivity index (χ1) is 7.50. The molecule has 2 rings (SSSR count). The molecule has 0 spiro atoms. The fraction of sp³-hybridized carbons (Fsp3) is 0.500. The molecule has 0 aromatic heterocycles. The van der Waals surface area contributed by atoms with Crippen molar-refractivity contribution >= 4 is 10.0 Å². The van der Waals surface area contributed by atoms with Crippen LogP contribution in [0.2, 0.25) is 0 Å². The molecule has 0 saturated carbocycles. The van der Waals surface area contributed by atoms with Gasteiger partial charge in [0.15, 0.2) is 0 Å². The molecule has 0 N–H and O–H groups in total. The van der Waals surface area contributed by atoms with Gasteiger partial charge in [0.2, 0.25) is 10.0 Å². The predicted octanol–water partition coefficient (Wildman–Crippen LogP) is 2.03. The molecule has 16 heavy (non-hydrogen) atoms. The van der Waals surface area contributed by atoms with Gasteiger partial charge in [-0.25, -0.2) is 8.42 Å². The Labute approximate surface area is 97.1 Å². The smallest absolute Gasteiger partial charge is 0.207 e. The van der Waals surface area contributed by atoms with Crippen LogP contribution in [-0.4, -0.2) is 25.8 Å². The van der Waals surface area contributed by atoms with Crippen molar-refractivity contribution < 1.29 is 8.42 Å². The van der Waals surface area contributed by atoms with Gasteiger partial charge in [0.05, 0.1) is 4.90 Å². The van der Waals surface area contributed by atoms with Crippen LogP contribution in [0.3, 0.4) is 0 Å². The van der Waals surface area contributed by atoms with Gasteiger partial charge >= 0.3 is 0 Å². The van der Waals surface area contributed by atoms with Gasteiger partial charge in [0.1, 0.15) is 0 Å². The highest BCUT2D eigenvalue weighted by Crippen LogP contribution is 2.23. The summed E-state index contributed by atoms with van der Waals surface area (Å²) in [5, 5.41) is 0. The number of rotatable bonds is 2. The van der Waals surface area contributed by atoms with Gasteiger partial charge in [0.25, 0.3) is 0 Å². The minimum Gasteiger partial charge on any atom is -0.207 e. The van der Waals surface area contributed by atoms with Crippen LogP contribution in [0, 0.1) is 12.8 Å². The Morgan fingerprint density at radius 2 is 1.88 bits per heavy atom. The molecular weight excluding hydrogens is 222 g/mol. The van der Waals surface area contributed by atoms with Crippen molar-refractivity contribution in [3.63, 3.8) is 0 Å². The second kappa shape index (κ2) is 4.18. The summed E-state index contributed by atoms with van der Waals surface area (Å²) in [7, 11) is -3.26. The average molecular weight is 239 g/mol. The first kappa shape index (κ1) is 11.6. The minimum absolute atomic E-state index is 0.409. The van der Waals surface area contributed by atoms with Gasteiger partial charge in [-0.05, 0) is 31.4 Å². The van der Waals surface area contributed by atoms with Crippen LogP contribution >= 0.6 is 0 Å². The summed E-state index contributed by atoms with van der Waals surface area (Å²) in [5.74, 6) is 0.472. The summed E-state index contributed by atoms with van der Waals surface area (Å²) < 4.78 is 26.0. The van der Waals surface area contributed by atoms with E-state index >= 15 is 0 Å². The molecule has 1 heterocycles. The number of sulfonamides is 1. The standard InChI is InChI=1S/C12H17NO2S/c1-10-3-5-12(6-4-10)16(14,15)13-8-7-11(2)9-13/h3-6,11H,7-9H2,1-2H3. The predicted molar refractivity (Wildman–Crippen MR) is 63.7 cm³/mol. The first-order valence-corrected chi connectivity index (χ1v) is 7.01. The lowest BCUT2D eigenvalue weighted by Crippen LogP contribution is -2.28. The maximum Gasteiger partial charge on any atom is 0.243 e. The second-order valence-electron chi connectivity index (χ2n) is 4.57. The summed E-state index contributed by atoms with van der Waals surface area (Å²) >= 11 is 0. The highest BCUT2D eigenvalue weighted by Gasteiger charge is 2.30. The third-order valence-corrected chi connectivity index (χ3v) is 4.92. The molecule has 1 saturated heterocycles. The minimum atomic E-state index is -3.26. The maximum atomic E-state index is 12.2. The zero-order valence-electron chi connectivity index (χ0n) is 9.68. The fourth-order valence-corrected chi connectivity index (χ4v) is 3.55. The van der Waals surface area contributed by atoms with Crippen LogP contribution in [0.4, 0.5) is 0 Å². The molecule has 88 valence electrons. The van der Waals surface area contributed by atoms with E-state index in [1.54, 1.807) is 16.4 Å². The number of nitrogens with zero attached hydrogens (tertiary/aromatic N) is 1. The summed E-state index contributed by atoms with van der Waals surface area (Å²) in [4.78, 5) is 0.409. The third kappa shape index (κ3) is 2.13. The summed E-state index contributed by atoms with van der Waals surface area (Å²) in [6.45, 7) is 5.34. The molecule has 4 heteroatoms. The summed E-state index contributed by atoms with van der Waals surface area (Å²) in [6, 6.07) is 7.06. The Balaban J connectivity index is 2.29. The molecule has 1 aromatic carbocycles. The second-order valence-corrected chi connectivity index (χ2v) is 6.51. The zero-order valence-corrected chi connectivity index (χ0v) is 10.5. The number of benzene rings is 1. The molecule has 1 unspecified atom stereocenters. The Kier molecular flexibility index (Phi) is 3.04. The highest BCUT2D eigenvalue weighted by molar-refractivity contribution is 7.89. The largest absolute Gasteiger partial charge is 0.243 e. The molecular formula is C12H17NO2S. The molecule has 0 aliphatic carbocycles. The van der Waals surface area contributed by atoms with Crippen molar-refractivity contribution in [2.75, 3.05) is 13.1 Å². The van der Waals surface area contributed by atoms with Gasteiger partial charge < -0.3 is 0 Å². The van der Waals surface area contributed by atoms with Gasteiger partial charge in [-0.2, -0.15) is 4.31 Å². The van der Waals surface area contributed by atoms with E-state index in [2.05, 4.69) is 6.92 Å². The van der Waals surface area contributed by atoms with Crippen LogP contribution in [-0.2, 0) is 10.0 Å². The Bertz CT molecular complexity index is 464. The normalized spacial score (nSPS) is 22.5. The van der Waals surface area contributed by atoms with Gasteiger partial charge in [0, 0.05) is 13.1 Å². The van der Waals surface area contributed by atoms with Crippen molar-refractivity contribution in [2.45, 2.75) is 25.2 Å². The van der Waals surface area contributed by atoms with Crippen molar-refractivity contribution in [1.29, 1.82) is 0 Å². The van der Waals surface area contributed by atoms with E-state index in [0.29, 0.717) is 23.9 Å². The first-order valence-electron chi connectivity index (χ1n) is 5.57. The van der Waals surface area contributed by atoms with E-state index in [-0.39, 0.29) is 0 Å².